The summed E-state index contributed by atoms with van der Waals surface area (Å²) in [6, 6.07) is 10.3. The smallest absolute Gasteiger partial charge is 0.407 e. The molecule has 0 aliphatic rings. The highest BCUT2D eigenvalue weighted by Gasteiger charge is 2.19. The third kappa shape index (κ3) is 7.43. The number of hydrogen-bond acceptors (Lipinski definition) is 4. The van der Waals surface area contributed by atoms with E-state index in [0.717, 1.165) is 6.54 Å². The van der Waals surface area contributed by atoms with E-state index >= 15 is 0 Å². The fourth-order valence-electron chi connectivity index (χ4n) is 2.06. The minimum absolute atomic E-state index is 0.134. The van der Waals surface area contributed by atoms with Crippen molar-refractivity contribution >= 4 is 6.09 Å². The summed E-state index contributed by atoms with van der Waals surface area (Å²) in [5, 5.41) is 6.24. The predicted molar refractivity (Wildman–Crippen MR) is 89.5 cm³/mol. The van der Waals surface area contributed by atoms with Crippen molar-refractivity contribution < 1.29 is 9.53 Å². The lowest BCUT2D eigenvalue weighted by atomic mass is 10.0. The molecule has 0 saturated heterocycles. The van der Waals surface area contributed by atoms with Crippen LogP contribution in [0.2, 0.25) is 0 Å². The maximum Gasteiger partial charge on any atom is 0.407 e. The molecule has 0 bridgehead atoms. The summed E-state index contributed by atoms with van der Waals surface area (Å²) in [6.45, 7) is 9.41. The predicted octanol–water partition coefficient (Wildman–Crippen LogP) is 2.26. The first-order valence-corrected chi connectivity index (χ1v) is 7.76. The average molecular weight is 307 g/mol. The van der Waals surface area contributed by atoms with Gasteiger partial charge in [-0.3, -0.25) is 0 Å². The number of hydrogen-bond donors (Lipinski definition) is 3. The molecular formula is C17H29N3O2. The van der Waals surface area contributed by atoms with Crippen LogP contribution in [-0.2, 0) is 11.3 Å². The Morgan fingerprint density at radius 3 is 2.45 bits per heavy atom. The van der Waals surface area contributed by atoms with E-state index in [2.05, 4.69) is 29.7 Å². The van der Waals surface area contributed by atoms with Crippen molar-refractivity contribution in [1.82, 2.24) is 10.6 Å². The van der Waals surface area contributed by atoms with Crippen molar-refractivity contribution in [3.63, 3.8) is 0 Å². The number of carbonyl (C=O) groups excluding carboxylic acids is 1. The van der Waals surface area contributed by atoms with Gasteiger partial charge >= 0.3 is 6.09 Å². The first kappa shape index (κ1) is 18.5. The zero-order valence-corrected chi connectivity index (χ0v) is 14.1. The van der Waals surface area contributed by atoms with Crippen molar-refractivity contribution in [2.75, 3.05) is 13.1 Å². The van der Waals surface area contributed by atoms with Crippen molar-refractivity contribution in [2.24, 2.45) is 11.7 Å². The van der Waals surface area contributed by atoms with Crippen LogP contribution >= 0.6 is 0 Å². The van der Waals surface area contributed by atoms with Gasteiger partial charge in [-0.25, -0.2) is 4.79 Å². The minimum Gasteiger partial charge on any atom is -0.444 e. The molecular weight excluding hydrogens is 278 g/mol. The van der Waals surface area contributed by atoms with Gasteiger partial charge in [0.05, 0.1) is 0 Å². The molecule has 2 atom stereocenters. The Hall–Kier alpha value is -1.59. The molecule has 1 amide bonds. The monoisotopic (exact) mass is 307 g/mol. The molecule has 0 radical (unpaired) electrons. The normalized spacial score (nSPS) is 14.2. The number of benzene rings is 1. The molecule has 5 heteroatoms. The van der Waals surface area contributed by atoms with Gasteiger partial charge in [0.15, 0.2) is 0 Å². The molecule has 0 aromatic heterocycles. The summed E-state index contributed by atoms with van der Waals surface area (Å²) < 4.78 is 5.23. The van der Waals surface area contributed by atoms with E-state index in [0.29, 0.717) is 13.1 Å². The summed E-state index contributed by atoms with van der Waals surface area (Å²) in [7, 11) is 0. The number of carbonyl (C=O) groups is 1. The Balaban J connectivity index is 2.37. The van der Waals surface area contributed by atoms with Crippen LogP contribution < -0.4 is 16.4 Å². The van der Waals surface area contributed by atoms with E-state index in [9.17, 15) is 4.79 Å². The van der Waals surface area contributed by atoms with E-state index in [4.69, 9.17) is 10.5 Å². The van der Waals surface area contributed by atoms with Crippen molar-refractivity contribution in [2.45, 2.75) is 45.9 Å². The first-order chi connectivity index (χ1) is 10.3. The van der Waals surface area contributed by atoms with Crippen LogP contribution in [0.3, 0.4) is 0 Å². The van der Waals surface area contributed by atoms with Gasteiger partial charge in [-0.15, -0.1) is 0 Å². The molecule has 22 heavy (non-hydrogen) atoms. The van der Waals surface area contributed by atoms with Gasteiger partial charge in [0.25, 0.3) is 0 Å². The Morgan fingerprint density at radius 2 is 1.91 bits per heavy atom. The van der Waals surface area contributed by atoms with Gasteiger partial charge in [-0.1, -0.05) is 37.3 Å². The Kier molecular flexibility index (Phi) is 7.35. The summed E-state index contributed by atoms with van der Waals surface area (Å²) in [5.74, 6) is 0.209. The number of ether oxygens (including phenoxy) is 1. The maximum absolute atomic E-state index is 11.7. The van der Waals surface area contributed by atoms with E-state index < -0.39 is 11.7 Å². The van der Waals surface area contributed by atoms with Gasteiger partial charge in [0.1, 0.15) is 5.60 Å². The number of amides is 1. The molecule has 1 aromatic carbocycles. The number of nitrogens with two attached hydrogens (primary N) is 1. The lowest BCUT2D eigenvalue weighted by Crippen LogP contribution is -2.45. The van der Waals surface area contributed by atoms with E-state index in [1.165, 1.54) is 5.56 Å². The minimum atomic E-state index is -0.480. The quantitative estimate of drug-likeness (QED) is 0.722. The topological polar surface area (TPSA) is 76.4 Å². The molecule has 124 valence electrons. The SMILES string of the molecule is CC(CNC(=O)OC(C)(C)C)C(CN)NCc1ccccc1. The van der Waals surface area contributed by atoms with Crippen LogP contribution in [0.25, 0.3) is 0 Å². The molecule has 0 aliphatic heterocycles. The number of nitrogens with one attached hydrogen (secondary N) is 2. The Bertz CT molecular complexity index is 443. The largest absolute Gasteiger partial charge is 0.444 e. The summed E-state index contributed by atoms with van der Waals surface area (Å²) in [6.07, 6.45) is -0.391. The molecule has 0 fully saturated rings. The summed E-state index contributed by atoms with van der Waals surface area (Å²) >= 11 is 0. The third-order valence-corrected chi connectivity index (χ3v) is 3.32. The highest BCUT2D eigenvalue weighted by molar-refractivity contribution is 5.67. The van der Waals surface area contributed by atoms with Gasteiger partial charge in [-0.05, 0) is 32.3 Å². The van der Waals surface area contributed by atoms with Crippen molar-refractivity contribution in [3.05, 3.63) is 35.9 Å². The lowest BCUT2D eigenvalue weighted by Gasteiger charge is -2.25. The number of alkyl carbamates (subject to hydrolysis) is 1. The second-order valence-electron chi connectivity index (χ2n) is 6.57. The molecule has 1 rings (SSSR count). The van der Waals surface area contributed by atoms with Crippen LogP contribution in [0.5, 0.6) is 0 Å². The lowest BCUT2D eigenvalue weighted by molar-refractivity contribution is 0.0517. The fraction of sp³-hybridized carbons (Fsp3) is 0.588. The molecule has 0 spiro atoms. The van der Waals surface area contributed by atoms with Crippen LogP contribution in [0.1, 0.15) is 33.3 Å². The standard InChI is InChI=1S/C17H29N3O2/c1-13(11-20-16(21)22-17(2,3)4)15(10-18)19-12-14-8-6-5-7-9-14/h5-9,13,15,19H,10-12,18H2,1-4H3,(H,20,21). The second kappa shape index (κ2) is 8.76. The Morgan fingerprint density at radius 1 is 1.27 bits per heavy atom. The molecule has 4 N–H and O–H groups in total. The molecule has 2 unspecified atom stereocenters. The summed E-state index contributed by atoms with van der Waals surface area (Å²) in [5.41, 5.74) is 6.58. The van der Waals surface area contributed by atoms with E-state index in [-0.39, 0.29) is 12.0 Å². The van der Waals surface area contributed by atoms with E-state index in [1.807, 2.05) is 39.0 Å². The van der Waals surface area contributed by atoms with Gasteiger partial charge in [0, 0.05) is 25.7 Å². The second-order valence-corrected chi connectivity index (χ2v) is 6.57. The average Bonchev–Trinajstić information content (AvgIpc) is 2.45. The van der Waals surface area contributed by atoms with Gasteiger partial charge in [0.2, 0.25) is 0 Å². The van der Waals surface area contributed by atoms with Crippen molar-refractivity contribution in [1.29, 1.82) is 0 Å². The zero-order valence-electron chi connectivity index (χ0n) is 14.1. The van der Waals surface area contributed by atoms with Crippen LogP contribution in [0.4, 0.5) is 4.79 Å². The van der Waals surface area contributed by atoms with Crippen LogP contribution in [-0.4, -0.2) is 30.8 Å². The fourth-order valence-corrected chi connectivity index (χ4v) is 2.06. The highest BCUT2D eigenvalue weighted by atomic mass is 16.6. The van der Waals surface area contributed by atoms with Gasteiger partial charge in [-0.2, -0.15) is 0 Å². The molecule has 5 nitrogen and oxygen atoms in total. The molecule has 0 heterocycles. The molecule has 0 aliphatic carbocycles. The maximum atomic E-state index is 11.7. The summed E-state index contributed by atoms with van der Waals surface area (Å²) in [4.78, 5) is 11.7. The number of rotatable bonds is 7. The van der Waals surface area contributed by atoms with Crippen LogP contribution in [0.15, 0.2) is 30.3 Å². The molecule has 0 saturated carbocycles. The third-order valence-electron chi connectivity index (χ3n) is 3.32. The van der Waals surface area contributed by atoms with Crippen molar-refractivity contribution in [3.8, 4) is 0 Å². The Labute approximate surface area is 133 Å². The van der Waals surface area contributed by atoms with E-state index in [1.54, 1.807) is 0 Å². The van der Waals surface area contributed by atoms with Gasteiger partial charge < -0.3 is 21.1 Å². The van der Waals surface area contributed by atoms with Crippen LogP contribution in [0, 0.1) is 5.92 Å². The first-order valence-electron chi connectivity index (χ1n) is 7.76. The molecule has 1 aromatic rings. The highest BCUT2D eigenvalue weighted by Crippen LogP contribution is 2.08. The zero-order chi connectivity index (χ0) is 16.6.